The van der Waals surface area contributed by atoms with Crippen LogP contribution in [0.25, 0.3) is 0 Å². The van der Waals surface area contributed by atoms with Crippen LogP contribution in [-0.2, 0) is 0 Å². The Balaban J connectivity index is 2.46. The second-order valence-electron chi connectivity index (χ2n) is 2.76. The zero-order valence-corrected chi connectivity index (χ0v) is 7.96. The van der Waals surface area contributed by atoms with Gasteiger partial charge in [-0.15, -0.1) is 34.8 Å². The van der Waals surface area contributed by atoms with E-state index in [-0.39, 0.29) is 16.1 Å². The maximum absolute atomic E-state index is 5.96. The predicted molar refractivity (Wildman–Crippen MR) is 47.4 cm³/mol. The van der Waals surface area contributed by atoms with Crippen molar-refractivity contribution < 1.29 is 0 Å². The van der Waals surface area contributed by atoms with Crippen LogP contribution in [0.2, 0.25) is 0 Å². The number of rotatable bonds is 0. The first-order chi connectivity index (χ1) is 4.72. The average Bonchev–Trinajstić information content (AvgIpc) is 2.04. The van der Waals surface area contributed by atoms with Crippen LogP contribution in [0.5, 0.6) is 0 Å². The molecule has 0 bridgehead atoms. The smallest absolute Gasteiger partial charge is 0.0663 e. The Hall–Kier alpha value is 0.870. The predicted octanol–water partition coefficient (Wildman–Crippen LogP) is 3.38. The molecule has 2 atom stereocenters. The van der Waals surface area contributed by atoms with Crippen molar-refractivity contribution in [2.24, 2.45) is 0 Å². The third-order valence-electron chi connectivity index (χ3n) is 1.90. The van der Waals surface area contributed by atoms with Crippen molar-refractivity contribution in [2.45, 2.75) is 41.8 Å². The van der Waals surface area contributed by atoms with E-state index in [0.717, 1.165) is 12.8 Å². The van der Waals surface area contributed by atoms with Gasteiger partial charge in [0.05, 0.1) is 16.1 Å². The Labute approximate surface area is 76.8 Å². The van der Waals surface area contributed by atoms with Crippen LogP contribution in [0.1, 0.15) is 25.7 Å². The van der Waals surface area contributed by atoms with Crippen molar-refractivity contribution in [1.29, 1.82) is 0 Å². The number of hydrogen-bond acceptors (Lipinski definition) is 0. The summed E-state index contributed by atoms with van der Waals surface area (Å²) in [5, 5.41) is 0.115. The lowest BCUT2D eigenvalue weighted by molar-refractivity contribution is 0.705. The van der Waals surface area contributed by atoms with Gasteiger partial charge in [-0.05, 0) is 12.8 Å². The fourth-order valence-corrected chi connectivity index (χ4v) is 2.21. The minimum absolute atomic E-state index is 0.0363. The van der Waals surface area contributed by atoms with E-state index in [1.165, 1.54) is 12.8 Å². The molecule has 0 amide bonds. The number of alkyl halides is 3. The van der Waals surface area contributed by atoms with E-state index in [4.69, 9.17) is 34.8 Å². The topological polar surface area (TPSA) is 0 Å². The summed E-state index contributed by atoms with van der Waals surface area (Å²) in [6.45, 7) is 0. The molecule has 0 aliphatic heterocycles. The van der Waals surface area contributed by atoms with Gasteiger partial charge >= 0.3 is 0 Å². The largest absolute Gasteiger partial charge is 0.121 e. The molecule has 10 heavy (non-hydrogen) atoms. The summed E-state index contributed by atoms with van der Waals surface area (Å²) in [4.78, 5) is 0. The van der Waals surface area contributed by atoms with Gasteiger partial charge in [-0.25, -0.2) is 0 Å². The van der Waals surface area contributed by atoms with Crippen molar-refractivity contribution >= 4 is 34.8 Å². The van der Waals surface area contributed by atoms with Crippen molar-refractivity contribution in [3.8, 4) is 0 Å². The summed E-state index contributed by atoms with van der Waals surface area (Å²) >= 11 is 17.9. The third kappa shape index (κ3) is 2.18. The molecule has 2 unspecified atom stereocenters. The Bertz CT molecular complexity index is 93.0. The van der Waals surface area contributed by atoms with Crippen LogP contribution < -0.4 is 0 Å². The van der Waals surface area contributed by atoms with Crippen LogP contribution in [-0.4, -0.2) is 16.1 Å². The highest BCUT2D eigenvalue weighted by atomic mass is 35.5. The van der Waals surface area contributed by atoms with E-state index in [9.17, 15) is 0 Å². The fraction of sp³-hybridized carbons (Fsp3) is 1.00. The van der Waals surface area contributed by atoms with Crippen LogP contribution in [0, 0.1) is 0 Å². The first-order valence-corrected chi connectivity index (χ1v) is 4.95. The highest BCUT2D eigenvalue weighted by Gasteiger charge is 2.26. The molecule has 0 aromatic heterocycles. The summed E-state index contributed by atoms with van der Waals surface area (Å²) in [7, 11) is 0. The first kappa shape index (κ1) is 8.96. The van der Waals surface area contributed by atoms with Gasteiger partial charge < -0.3 is 0 Å². The summed E-state index contributed by atoms with van der Waals surface area (Å²) in [5.41, 5.74) is 0. The Morgan fingerprint density at radius 3 is 1.60 bits per heavy atom. The summed E-state index contributed by atoms with van der Waals surface area (Å²) < 4.78 is 0. The van der Waals surface area contributed by atoms with Crippen LogP contribution in [0.15, 0.2) is 0 Å². The van der Waals surface area contributed by atoms with Crippen molar-refractivity contribution in [3.63, 3.8) is 0 Å². The highest BCUT2D eigenvalue weighted by Crippen LogP contribution is 2.29. The average molecular weight is 202 g/mol. The maximum atomic E-state index is 5.96. The molecule has 1 aliphatic carbocycles. The lowest BCUT2D eigenvalue weighted by atomic mass is 10.2. The Morgan fingerprint density at radius 2 is 1.20 bits per heavy atom. The zero-order valence-electron chi connectivity index (χ0n) is 5.69. The van der Waals surface area contributed by atoms with E-state index in [2.05, 4.69) is 0 Å². The molecular weight excluding hydrogens is 190 g/mol. The molecule has 0 heterocycles. The van der Waals surface area contributed by atoms with Gasteiger partial charge in [-0.3, -0.25) is 0 Å². The van der Waals surface area contributed by atoms with Gasteiger partial charge in [0.25, 0.3) is 0 Å². The summed E-state index contributed by atoms with van der Waals surface area (Å²) in [6.07, 6.45) is 4.36. The zero-order chi connectivity index (χ0) is 7.56. The molecule has 0 aromatic rings. The molecule has 1 aliphatic rings. The van der Waals surface area contributed by atoms with E-state index in [1.54, 1.807) is 0 Å². The van der Waals surface area contributed by atoms with Crippen LogP contribution in [0.3, 0.4) is 0 Å². The normalized spacial score (nSPS) is 42.9. The molecule has 0 saturated heterocycles. The van der Waals surface area contributed by atoms with E-state index < -0.39 is 0 Å². The lowest BCUT2D eigenvalue weighted by Crippen LogP contribution is -2.22. The molecule has 0 N–H and O–H groups in total. The van der Waals surface area contributed by atoms with E-state index >= 15 is 0 Å². The molecule has 0 aromatic carbocycles. The molecule has 0 radical (unpaired) electrons. The van der Waals surface area contributed by atoms with Gasteiger partial charge in [0.2, 0.25) is 0 Å². The molecular formula is C7H11Cl3. The maximum Gasteiger partial charge on any atom is 0.0663 e. The Morgan fingerprint density at radius 1 is 0.800 bits per heavy atom. The van der Waals surface area contributed by atoms with Gasteiger partial charge in [0.15, 0.2) is 0 Å². The fourth-order valence-electron chi connectivity index (χ4n) is 1.22. The standard InChI is InChI=1S/C7H11Cl3/c8-5-3-1-2-4-6(9)7(5)10/h5-7H,1-4H2. The van der Waals surface area contributed by atoms with Crippen LogP contribution in [0.4, 0.5) is 0 Å². The van der Waals surface area contributed by atoms with Crippen molar-refractivity contribution in [1.82, 2.24) is 0 Å². The quantitative estimate of drug-likeness (QED) is 0.416. The van der Waals surface area contributed by atoms with Gasteiger partial charge in [-0.2, -0.15) is 0 Å². The summed E-state index contributed by atoms with van der Waals surface area (Å²) in [6, 6.07) is 0. The van der Waals surface area contributed by atoms with Crippen LogP contribution >= 0.6 is 34.8 Å². The van der Waals surface area contributed by atoms with E-state index in [0.29, 0.717) is 0 Å². The third-order valence-corrected chi connectivity index (χ3v) is 3.75. The van der Waals surface area contributed by atoms with Gasteiger partial charge in [0, 0.05) is 0 Å². The van der Waals surface area contributed by atoms with Crippen molar-refractivity contribution in [2.75, 3.05) is 0 Å². The molecule has 1 saturated carbocycles. The number of hydrogen-bond donors (Lipinski definition) is 0. The molecule has 0 nitrogen and oxygen atoms in total. The SMILES string of the molecule is ClC1CCCCC(Cl)C1Cl. The minimum atomic E-state index is -0.0363. The lowest BCUT2D eigenvalue weighted by Gasteiger charge is -2.15. The van der Waals surface area contributed by atoms with Gasteiger partial charge in [-0.1, -0.05) is 12.8 Å². The highest BCUT2D eigenvalue weighted by molar-refractivity contribution is 6.35. The number of halogens is 3. The monoisotopic (exact) mass is 200 g/mol. The van der Waals surface area contributed by atoms with Gasteiger partial charge in [0.1, 0.15) is 0 Å². The molecule has 0 spiro atoms. The minimum Gasteiger partial charge on any atom is -0.121 e. The van der Waals surface area contributed by atoms with E-state index in [1.807, 2.05) is 0 Å². The molecule has 1 rings (SSSR count). The summed E-state index contributed by atoms with van der Waals surface area (Å²) in [5.74, 6) is 0. The first-order valence-electron chi connectivity index (χ1n) is 3.64. The Kier molecular flexibility index (Phi) is 3.62. The van der Waals surface area contributed by atoms with Crippen molar-refractivity contribution in [3.05, 3.63) is 0 Å². The second kappa shape index (κ2) is 4.04. The molecule has 1 fully saturated rings. The molecule has 3 heteroatoms. The molecule has 60 valence electrons. The second-order valence-corrected chi connectivity index (χ2v) is 4.39.